The molecule has 1 aliphatic carbocycles. The molecule has 0 aromatic carbocycles. The molecule has 1 rings (SSSR count). The molecule has 2 atom stereocenters. The molecule has 5 nitrogen and oxygen atoms in total. The summed E-state index contributed by atoms with van der Waals surface area (Å²) in [5.74, 6) is -1.02. The van der Waals surface area contributed by atoms with Crippen molar-refractivity contribution in [3.05, 3.63) is 0 Å². The van der Waals surface area contributed by atoms with Gasteiger partial charge in [-0.3, -0.25) is 4.90 Å². The van der Waals surface area contributed by atoms with Gasteiger partial charge in [0.2, 0.25) is 0 Å². The van der Waals surface area contributed by atoms with Crippen LogP contribution in [0.2, 0.25) is 0 Å². The van der Waals surface area contributed by atoms with Gasteiger partial charge in [-0.1, -0.05) is 20.3 Å². The van der Waals surface area contributed by atoms with Gasteiger partial charge in [0.05, 0.1) is 0 Å². The first-order valence-electron chi connectivity index (χ1n) is 7.41. The van der Waals surface area contributed by atoms with E-state index in [0.29, 0.717) is 0 Å². The Morgan fingerprint density at radius 1 is 1.35 bits per heavy atom. The first kappa shape index (κ1) is 16.8. The van der Waals surface area contributed by atoms with E-state index in [1.807, 2.05) is 13.8 Å². The second-order valence-corrected chi connectivity index (χ2v) is 6.67. The summed E-state index contributed by atoms with van der Waals surface area (Å²) in [4.78, 5) is 25.4. The maximum absolute atomic E-state index is 12.3. The molecule has 116 valence electrons. The Hall–Kier alpha value is -1.26. The lowest BCUT2D eigenvalue weighted by Gasteiger charge is -2.34. The number of hydrogen-bond donors (Lipinski definition) is 1. The number of carboxylic acids is 1. The Kier molecular flexibility index (Phi) is 5.42. The molecule has 1 saturated carbocycles. The number of ether oxygens (including phenoxy) is 1. The summed E-state index contributed by atoms with van der Waals surface area (Å²) in [7, 11) is 0. The third-order valence-electron chi connectivity index (χ3n) is 3.38. The number of hydrogen-bond acceptors (Lipinski definition) is 3. The van der Waals surface area contributed by atoms with Crippen molar-refractivity contribution in [2.45, 2.75) is 78.0 Å². The molecule has 0 bridgehead atoms. The van der Waals surface area contributed by atoms with Crippen LogP contribution in [0.15, 0.2) is 0 Å². The lowest BCUT2D eigenvalue weighted by atomic mass is 9.95. The van der Waals surface area contributed by atoms with Crippen LogP contribution in [0.3, 0.4) is 0 Å². The summed E-state index contributed by atoms with van der Waals surface area (Å²) < 4.78 is 5.38. The molecular formula is C15H27NO4. The number of amides is 1. The van der Waals surface area contributed by atoms with Crippen molar-refractivity contribution in [1.82, 2.24) is 4.90 Å². The SMILES string of the molecule is CCCC(C)C(C(=O)O)N(C(=O)OC(C)(C)C)C1CC1. The van der Waals surface area contributed by atoms with Gasteiger partial charge in [-0.05, 0) is 46.0 Å². The average Bonchev–Trinajstić information content (AvgIpc) is 3.06. The molecule has 0 radical (unpaired) electrons. The number of nitrogens with zero attached hydrogens (tertiary/aromatic N) is 1. The van der Waals surface area contributed by atoms with Crippen LogP contribution in [0.25, 0.3) is 0 Å². The van der Waals surface area contributed by atoms with Crippen LogP contribution in [0.4, 0.5) is 4.79 Å². The van der Waals surface area contributed by atoms with Crippen LogP contribution in [-0.2, 0) is 9.53 Å². The van der Waals surface area contributed by atoms with Crippen molar-refractivity contribution in [2.24, 2.45) is 5.92 Å². The quantitative estimate of drug-likeness (QED) is 0.813. The standard InChI is InChI=1S/C15H27NO4/c1-6-7-10(2)12(13(17)18)16(11-8-9-11)14(19)20-15(3,4)5/h10-12H,6-9H2,1-5H3,(H,17,18). The Balaban J connectivity index is 2.91. The largest absolute Gasteiger partial charge is 0.480 e. The third kappa shape index (κ3) is 4.69. The predicted octanol–water partition coefficient (Wildman–Crippen LogP) is 3.28. The van der Waals surface area contributed by atoms with E-state index in [1.165, 1.54) is 4.90 Å². The molecule has 20 heavy (non-hydrogen) atoms. The van der Waals surface area contributed by atoms with E-state index < -0.39 is 23.7 Å². The highest BCUT2D eigenvalue weighted by atomic mass is 16.6. The summed E-state index contributed by atoms with van der Waals surface area (Å²) >= 11 is 0. The van der Waals surface area contributed by atoms with Gasteiger partial charge in [-0.25, -0.2) is 9.59 Å². The molecule has 1 amide bonds. The van der Waals surface area contributed by atoms with Crippen molar-refractivity contribution >= 4 is 12.1 Å². The average molecular weight is 285 g/mol. The van der Waals surface area contributed by atoms with Crippen LogP contribution >= 0.6 is 0 Å². The molecule has 1 aliphatic rings. The normalized spacial score (nSPS) is 18.2. The number of carbonyl (C=O) groups excluding carboxylic acids is 1. The first-order valence-corrected chi connectivity index (χ1v) is 7.41. The van der Waals surface area contributed by atoms with Crippen LogP contribution in [0, 0.1) is 5.92 Å². The molecule has 0 heterocycles. The fraction of sp³-hybridized carbons (Fsp3) is 0.867. The second kappa shape index (κ2) is 6.46. The Labute approximate surface area is 121 Å². The lowest BCUT2D eigenvalue weighted by Crippen LogP contribution is -2.51. The molecule has 0 aromatic heterocycles. The highest BCUT2D eigenvalue weighted by Crippen LogP contribution is 2.33. The van der Waals surface area contributed by atoms with E-state index >= 15 is 0 Å². The second-order valence-electron chi connectivity index (χ2n) is 6.67. The van der Waals surface area contributed by atoms with Crippen molar-refractivity contribution < 1.29 is 19.4 Å². The number of carbonyl (C=O) groups is 2. The molecule has 0 aromatic rings. The highest BCUT2D eigenvalue weighted by molar-refractivity contribution is 5.81. The smallest absolute Gasteiger partial charge is 0.411 e. The minimum atomic E-state index is -0.941. The predicted molar refractivity (Wildman–Crippen MR) is 76.6 cm³/mol. The summed E-state index contributed by atoms with van der Waals surface area (Å²) in [6, 6.07) is -0.775. The number of aliphatic carboxylic acids is 1. The van der Waals surface area contributed by atoms with Gasteiger partial charge in [0, 0.05) is 6.04 Å². The molecule has 0 saturated heterocycles. The van der Waals surface area contributed by atoms with Gasteiger partial charge < -0.3 is 9.84 Å². The molecule has 1 N–H and O–H groups in total. The Bertz CT molecular complexity index is 357. The molecule has 0 spiro atoms. The van der Waals surface area contributed by atoms with Crippen LogP contribution in [-0.4, -0.2) is 39.8 Å². The zero-order valence-corrected chi connectivity index (χ0v) is 13.2. The van der Waals surface area contributed by atoms with E-state index in [0.717, 1.165) is 25.7 Å². The van der Waals surface area contributed by atoms with Gasteiger partial charge in [0.15, 0.2) is 0 Å². The van der Waals surface area contributed by atoms with Gasteiger partial charge in [0.1, 0.15) is 11.6 Å². The van der Waals surface area contributed by atoms with Crippen LogP contribution in [0.1, 0.15) is 60.3 Å². The number of carboxylic acid groups (broad SMARTS) is 1. The summed E-state index contributed by atoms with van der Waals surface area (Å²) in [5, 5.41) is 9.52. The molecular weight excluding hydrogens is 258 g/mol. The minimum Gasteiger partial charge on any atom is -0.480 e. The van der Waals surface area contributed by atoms with Crippen molar-refractivity contribution in [1.29, 1.82) is 0 Å². The summed E-state index contributed by atoms with van der Waals surface area (Å²) in [6.07, 6.45) is 2.90. The van der Waals surface area contributed by atoms with Crippen LogP contribution in [0.5, 0.6) is 0 Å². The zero-order chi connectivity index (χ0) is 15.5. The zero-order valence-electron chi connectivity index (χ0n) is 13.2. The van der Waals surface area contributed by atoms with Crippen molar-refractivity contribution in [2.75, 3.05) is 0 Å². The number of rotatable bonds is 6. The van der Waals surface area contributed by atoms with E-state index in [-0.39, 0.29) is 12.0 Å². The first-order chi connectivity index (χ1) is 9.17. The monoisotopic (exact) mass is 285 g/mol. The van der Waals surface area contributed by atoms with Gasteiger partial charge in [0.25, 0.3) is 0 Å². The van der Waals surface area contributed by atoms with Crippen molar-refractivity contribution in [3.63, 3.8) is 0 Å². The highest BCUT2D eigenvalue weighted by Gasteiger charge is 2.44. The van der Waals surface area contributed by atoms with Gasteiger partial charge in [-0.15, -0.1) is 0 Å². The molecule has 5 heteroatoms. The summed E-state index contributed by atoms with van der Waals surface area (Å²) in [6.45, 7) is 9.29. The van der Waals surface area contributed by atoms with Crippen LogP contribution < -0.4 is 0 Å². The fourth-order valence-corrected chi connectivity index (χ4v) is 2.41. The molecule has 0 aliphatic heterocycles. The summed E-state index contributed by atoms with van der Waals surface area (Å²) in [5.41, 5.74) is -0.610. The topological polar surface area (TPSA) is 66.8 Å². The van der Waals surface area contributed by atoms with Gasteiger partial charge >= 0.3 is 12.1 Å². The van der Waals surface area contributed by atoms with Gasteiger partial charge in [-0.2, -0.15) is 0 Å². The minimum absolute atomic E-state index is 0.0188. The molecule has 1 fully saturated rings. The Morgan fingerprint density at radius 2 is 1.90 bits per heavy atom. The van der Waals surface area contributed by atoms with E-state index in [1.54, 1.807) is 20.8 Å². The maximum atomic E-state index is 12.3. The van der Waals surface area contributed by atoms with E-state index in [9.17, 15) is 14.7 Å². The molecule has 2 unspecified atom stereocenters. The van der Waals surface area contributed by atoms with Crippen molar-refractivity contribution in [3.8, 4) is 0 Å². The Morgan fingerprint density at radius 3 is 2.25 bits per heavy atom. The maximum Gasteiger partial charge on any atom is 0.411 e. The fourth-order valence-electron chi connectivity index (χ4n) is 2.41. The van der Waals surface area contributed by atoms with E-state index in [4.69, 9.17) is 4.74 Å². The lowest BCUT2D eigenvalue weighted by molar-refractivity contribution is -0.145. The third-order valence-corrected chi connectivity index (χ3v) is 3.38. The van der Waals surface area contributed by atoms with E-state index in [2.05, 4.69) is 0 Å².